The molecule has 2 aliphatic rings. The van der Waals surface area contributed by atoms with E-state index in [0.29, 0.717) is 57.1 Å². The number of allylic oxidation sites excluding steroid dienone is 4. The van der Waals surface area contributed by atoms with Crippen LogP contribution >= 0.6 is 23.2 Å². The Kier molecular flexibility index (Phi) is 15.1. The minimum Gasteiger partial charge on any atom is -0.481 e. The first-order chi connectivity index (χ1) is 29.6. The van der Waals surface area contributed by atoms with Gasteiger partial charge in [-0.25, -0.2) is 9.78 Å². The average Bonchev–Trinajstić information content (AvgIpc) is 3.28. The number of nitrogens with zero attached hydrogens (tertiary/aromatic N) is 4. The van der Waals surface area contributed by atoms with Gasteiger partial charge in [0, 0.05) is 51.5 Å². The van der Waals surface area contributed by atoms with Crippen LogP contribution in [0.25, 0.3) is 11.1 Å². The normalized spacial score (nSPS) is 15.6. The smallest absolute Gasteiger partial charge is 0.325 e. The first-order valence-electron chi connectivity index (χ1n) is 20.3. The fourth-order valence-corrected chi connectivity index (χ4v) is 8.88. The van der Waals surface area contributed by atoms with Gasteiger partial charge in [0.1, 0.15) is 5.82 Å². The SMILES string of the molecule is C.COc1nc(C)nc(C2CC=C(c3ccc(C#N)cc3Cl)CC2)c1Cc1ccccc1.N#Cc1ccc(C2=CCC(c3[nH]c(=O)[nH]c(=O)c3Cc3ccccc3)CC2)c(Cl)c1. The van der Waals surface area contributed by atoms with E-state index in [1.54, 1.807) is 25.3 Å². The Balaban J connectivity index is 0.000000204. The van der Waals surface area contributed by atoms with Gasteiger partial charge in [-0.15, -0.1) is 0 Å². The summed E-state index contributed by atoms with van der Waals surface area (Å²) in [5, 5.41) is 19.3. The van der Waals surface area contributed by atoms with Crippen LogP contribution in [0, 0.1) is 29.6 Å². The number of nitriles is 2. The van der Waals surface area contributed by atoms with Gasteiger partial charge in [0.2, 0.25) is 5.88 Å². The molecule has 314 valence electrons. The number of ether oxygens (including phenoxy) is 1. The molecule has 0 bridgehead atoms. The maximum atomic E-state index is 12.6. The zero-order valence-corrected chi connectivity index (χ0v) is 35.5. The Morgan fingerprint density at radius 3 is 1.69 bits per heavy atom. The second kappa shape index (κ2) is 20.8. The van der Waals surface area contributed by atoms with Crippen molar-refractivity contribution in [1.82, 2.24) is 19.9 Å². The third-order valence-corrected chi connectivity index (χ3v) is 12.0. The van der Waals surface area contributed by atoms with Gasteiger partial charge in [-0.3, -0.25) is 9.78 Å². The molecule has 0 spiro atoms. The lowest BCUT2D eigenvalue weighted by Gasteiger charge is -2.25. The minimum absolute atomic E-state index is 0. The highest BCUT2D eigenvalue weighted by atomic mass is 35.5. The molecule has 2 N–H and O–H groups in total. The van der Waals surface area contributed by atoms with Crippen LogP contribution in [0.1, 0.15) is 120 Å². The van der Waals surface area contributed by atoms with Crippen molar-refractivity contribution >= 4 is 34.3 Å². The number of nitrogens with one attached hydrogen (secondary N) is 2. The summed E-state index contributed by atoms with van der Waals surface area (Å²) in [7, 11) is 1.67. The van der Waals surface area contributed by atoms with Crippen molar-refractivity contribution in [3.05, 3.63) is 202 Å². The Morgan fingerprint density at radius 1 is 0.710 bits per heavy atom. The van der Waals surface area contributed by atoms with Crippen LogP contribution in [-0.4, -0.2) is 27.0 Å². The number of methoxy groups -OCH3 is 1. The maximum Gasteiger partial charge on any atom is 0.325 e. The van der Waals surface area contributed by atoms with E-state index in [0.717, 1.165) is 77.9 Å². The standard InChI is InChI=1S/C26H24ClN3O.C24H20ClN3O2.CH4/c1-17-29-25(23(26(30-17)31-2)14-18-6-4-3-5-7-18)21-11-9-20(10-12-21)22-13-8-19(16-28)15-24(22)27;25-21-13-16(14-26)6-11-19(21)17-7-9-18(10-8-17)22-20(23(29)28-24(30)27-22)12-15-4-2-1-3-5-15;/h3-9,13,15,21H,10-12,14H2,1-2H3;1-7,11,13,18H,8-10,12H2,(H2,27,28,29,30);1H4. The molecule has 62 heavy (non-hydrogen) atoms. The molecule has 9 nitrogen and oxygen atoms in total. The van der Waals surface area contributed by atoms with Crippen LogP contribution in [0.3, 0.4) is 0 Å². The molecule has 0 fully saturated rings. The highest BCUT2D eigenvalue weighted by molar-refractivity contribution is 6.32. The summed E-state index contributed by atoms with van der Waals surface area (Å²) in [6.45, 7) is 1.92. The molecule has 2 aliphatic carbocycles. The topological polar surface area (TPSA) is 148 Å². The summed E-state index contributed by atoms with van der Waals surface area (Å²) < 4.78 is 5.65. The number of halogens is 2. The van der Waals surface area contributed by atoms with Crippen molar-refractivity contribution in [3.8, 4) is 18.0 Å². The number of aryl methyl sites for hydroxylation is 1. The summed E-state index contributed by atoms with van der Waals surface area (Å²) in [5.74, 6) is 1.75. The number of aromatic amines is 2. The van der Waals surface area contributed by atoms with Gasteiger partial charge in [-0.05, 0) is 103 Å². The lowest BCUT2D eigenvalue weighted by Crippen LogP contribution is -2.30. The first kappa shape index (κ1) is 45.0. The first-order valence-corrected chi connectivity index (χ1v) is 21.0. The third kappa shape index (κ3) is 10.7. The molecular formula is C51H48Cl2N6O3. The largest absolute Gasteiger partial charge is 0.481 e. The molecule has 2 atom stereocenters. The van der Waals surface area contributed by atoms with Gasteiger partial charge in [0.25, 0.3) is 5.56 Å². The minimum atomic E-state index is -0.475. The molecule has 0 radical (unpaired) electrons. The van der Waals surface area contributed by atoms with Gasteiger partial charge in [0.05, 0.1) is 36.1 Å². The molecule has 2 unspecified atom stereocenters. The zero-order valence-electron chi connectivity index (χ0n) is 34.0. The van der Waals surface area contributed by atoms with Crippen LogP contribution in [0.2, 0.25) is 10.0 Å². The molecule has 2 aromatic heterocycles. The molecule has 4 aromatic carbocycles. The second-order valence-corrected chi connectivity index (χ2v) is 16.1. The van der Waals surface area contributed by atoms with Crippen LogP contribution < -0.4 is 16.0 Å². The van der Waals surface area contributed by atoms with Gasteiger partial charge < -0.3 is 9.72 Å². The predicted octanol–water partition coefficient (Wildman–Crippen LogP) is 11.4. The Bertz CT molecular complexity index is 2820. The van der Waals surface area contributed by atoms with Crippen LogP contribution in [-0.2, 0) is 12.8 Å². The summed E-state index contributed by atoms with van der Waals surface area (Å²) in [5.41, 5.74) is 10.3. The van der Waals surface area contributed by atoms with Crippen LogP contribution in [0.5, 0.6) is 5.88 Å². The fraction of sp³-hybridized carbons (Fsp3) is 0.255. The number of aromatic nitrogens is 4. The van der Waals surface area contributed by atoms with Crippen molar-refractivity contribution in [1.29, 1.82) is 10.5 Å². The van der Waals surface area contributed by atoms with Crippen molar-refractivity contribution in [3.63, 3.8) is 0 Å². The van der Waals surface area contributed by atoms with E-state index in [9.17, 15) is 9.59 Å². The van der Waals surface area contributed by atoms with Gasteiger partial charge >= 0.3 is 5.69 Å². The third-order valence-electron chi connectivity index (χ3n) is 11.3. The van der Waals surface area contributed by atoms with E-state index in [1.807, 2.05) is 73.7 Å². The maximum absolute atomic E-state index is 12.6. The van der Waals surface area contributed by atoms with Gasteiger partial charge in [0.15, 0.2) is 0 Å². The zero-order chi connectivity index (χ0) is 42.9. The number of hydrogen-bond donors (Lipinski definition) is 2. The number of rotatable bonds is 9. The fourth-order valence-electron chi connectivity index (χ4n) is 8.28. The summed E-state index contributed by atoms with van der Waals surface area (Å²) >= 11 is 12.8. The van der Waals surface area contributed by atoms with Gasteiger partial charge in [-0.1, -0.05) is 116 Å². The van der Waals surface area contributed by atoms with Crippen molar-refractivity contribution in [2.24, 2.45) is 0 Å². The van der Waals surface area contributed by atoms with Crippen molar-refractivity contribution in [2.45, 2.75) is 77.6 Å². The molecular weight excluding hydrogens is 816 g/mol. The number of H-pyrrole nitrogens is 2. The lowest BCUT2D eigenvalue weighted by atomic mass is 9.82. The lowest BCUT2D eigenvalue weighted by molar-refractivity contribution is 0.388. The summed E-state index contributed by atoms with van der Waals surface area (Å²) in [4.78, 5) is 39.2. The summed E-state index contributed by atoms with van der Waals surface area (Å²) in [6, 6.07) is 35.2. The Morgan fingerprint density at radius 2 is 1.23 bits per heavy atom. The molecule has 0 amide bonds. The summed E-state index contributed by atoms with van der Waals surface area (Å²) in [6.07, 6.45) is 10.6. The monoisotopic (exact) mass is 862 g/mol. The highest BCUT2D eigenvalue weighted by Gasteiger charge is 2.26. The number of hydrogen-bond acceptors (Lipinski definition) is 7. The van der Waals surface area contributed by atoms with E-state index in [1.165, 1.54) is 11.1 Å². The quantitative estimate of drug-likeness (QED) is 0.147. The highest BCUT2D eigenvalue weighted by Crippen LogP contribution is 2.41. The van der Waals surface area contributed by atoms with Crippen LogP contribution in [0.15, 0.2) is 119 Å². The molecule has 8 rings (SSSR count). The Labute approximate surface area is 372 Å². The predicted molar refractivity (Wildman–Crippen MR) is 248 cm³/mol. The number of benzene rings is 4. The Hall–Kier alpha value is -6.52. The van der Waals surface area contributed by atoms with Crippen molar-refractivity contribution < 1.29 is 4.74 Å². The molecule has 0 saturated carbocycles. The van der Waals surface area contributed by atoms with E-state index < -0.39 is 5.69 Å². The van der Waals surface area contributed by atoms with Crippen molar-refractivity contribution in [2.75, 3.05) is 7.11 Å². The average molecular weight is 864 g/mol. The van der Waals surface area contributed by atoms with E-state index >= 15 is 0 Å². The van der Waals surface area contributed by atoms with E-state index in [-0.39, 0.29) is 18.9 Å². The molecule has 0 aliphatic heterocycles. The molecule has 11 heteroatoms. The second-order valence-electron chi connectivity index (χ2n) is 15.3. The molecule has 0 saturated heterocycles. The molecule has 6 aromatic rings. The van der Waals surface area contributed by atoms with E-state index in [2.05, 4.69) is 51.4 Å². The van der Waals surface area contributed by atoms with Crippen LogP contribution in [0.4, 0.5) is 0 Å². The van der Waals surface area contributed by atoms with E-state index in [4.69, 9.17) is 43.4 Å². The molecule has 2 heterocycles. The van der Waals surface area contributed by atoms with Gasteiger partial charge in [-0.2, -0.15) is 15.5 Å².